The monoisotopic (exact) mass is 463 g/mol. The van der Waals surface area contributed by atoms with E-state index in [1.165, 1.54) is 24.3 Å². The van der Waals surface area contributed by atoms with Gasteiger partial charge in [0.2, 0.25) is 0 Å². The number of pyridine rings is 1. The van der Waals surface area contributed by atoms with Gasteiger partial charge in [-0.05, 0) is 61.4 Å². The Labute approximate surface area is 185 Å². The molecule has 0 aliphatic carbocycles. The average Bonchev–Trinajstić information content (AvgIpc) is 2.70. The molecule has 0 bridgehead atoms. The molecular formula is C21H19Cl2N3O3S. The zero-order valence-electron chi connectivity index (χ0n) is 16.2. The molecule has 0 atom stereocenters. The van der Waals surface area contributed by atoms with Gasteiger partial charge in [0.15, 0.2) is 0 Å². The van der Waals surface area contributed by atoms with Gasteiger partial charge < -0.3 is 5.32 Å². The van der Waals surface area contributed by atoms with Crippen LogP contribution in [0.2, 0.25) is 10.0 Å². The third kappa shape index (κ3) is 5.11. The molecule has 0 aliphatic heterocycles. The lowest BCUT2D eigenvalue weighted by Crippen LogP contribution is -2.24. The third-order valence-electron chi connectivity index (χ3n) is 4.45. The predicted octanol–water partition coefficient (Wildman–Crippen LogP) is 4.74. The lowest BCUT2D eigenvalue weighted by molar-refractivity contribution is 0.0950. The lowest BCUT2D eigenvalue weighted by Gasteiger charge is -2.12. The largest absolute Gasteiger partial charge is 0.346 e. The highest BCUT2D eigenvalue weighted by Gasteiger charge is 2.19. The van der Waals surface area contributed by atoms with Crippen LogP contribution in [-0.2, 0) is 16.6 Å². The molecule has 0 fully saturated rings. The Balaban J connectivity index is 1.82. The number of nitrogens with zero attached hydrogens (tertiary/aromatic N) is 1. The summed E-state index contributed by atoms with van der Waals surface area (Å²) in [4.78, 5) is 16.7. The lowest BCUT2D eigenvalue weighted by atomic mass is 10.2. The van der Waals surface area contributed by atoms with Crippen LogP contribution in [0.25, 0.3) is 0 Å². The minimum atomic E-state index is -3.95. The van der Waals surface area contributed by atoms with E-state index in [1.807, 2.05) is 19.9 Å². The van der Waals surface area contributed by atoms with Gasteiger partial charge in [-0.1, -0.05) is 35.3 Å². The fraction of sp³-hybridized carbons (Fsp3) is 0.143. The summed E-state index contributed by atoms with van der Waals surface area (Å²) in [5, 5.41) is 3.30. The Bertz CT molecular complexity index is 1210. The number of amides is 1. The van der Waals surface area contributed by atoms with Crippen molar-refractivity contribution in [2.45, 2.75) is 25.3 Å². The molecule has 0 unspecified atom stereocenters. The zero-order valence-corrected chi connectivity index (χ0v) is 18.6. The second kappa shape index (κ2) is 9.04. The van der Waals surface area contributed by atoms with Crippen molar-refractivity contribution in [3.63, 3.8) is 0 Å². The van der Waals surface area contributed by atoms with Crippen molar-refractivity contribution in [3.05, 3.63) is 87.2 Å². The number of rotatable bonds is 6. The maximum absolute atomic E-state index is 12.8. The Morgan fingerprint density at radius 1 is 1.00 bits per heavy atom. The molecule has 0 spiro atoms. The van der Waals surface area contributed by atoms with Crippen molar-refractivity contribution < 1.29 is 13.2 Å². The van der Waals surface area contributed by atoms with Crippen LogP contribution >= 0.6 is 23.2 Å². The molecule has 0 saturated carbocycles. The number of halogens is 2. The number of hydrogen-bond acceptors (Lipinski definition) is 4. The zero-order chi connectivity index (χ0) is 21.9. The number of anilines is 1. The van der Waals surface area contributed by atoms with Gasteiger partial charge in [0, 0.05) is 11.2 Å². The minimum absolute atomic E-state index is 0.0510. The second-order valence-corrected chi connectivity index (χ2v) is 9.16. The molecule has 0 aliphatic rings. The Morgan fingerprint density at radius 2 is 1.77 bits per heavy atom. The van der Waals surface area contributed by atoms with Crippen LogP contribution < -0.4 is 10.0 Å². The predicted molar refractivity (Wildman–Crippen MR) is 119 cm³/mol. The van der Waals surface area contributed by atoms with Crippen LogP contribution in [0, 0.1) is 13.8 Å². The standard InChI is InChI=1S/C21H19Cl2N3O3S/c1-13-5-6-15(10-19(13)23)26-30(28,29)16-7-8-18(22)17(11-16)21(27)25-12-20-14(2)4-3-9-24-20/h3-11,26H,12H2,1-2H3,(H,25,27). The molecule has 1 heterocycles. The van der Waals surface area contributed by atoms with Crippen molar-refractivity contribution >= 4 is 44.8 Å². The van der Waals surface area contributed by atoms with Crippen LogP contribution in [0.4, 0.5) is 5.69 Å². The van der Waals surface area contributed by atoms with E-state index < -0.39 is 15.9 Å². The van der Waals surface area contributed by atoms with Crippen LogP contribution in [0.1, 0.15) is 27.2 Å². The first-order valence-electron chi connectivity index (χ1n) is 8.94. The molecular weight excluding hydrogens is 445 g/mol. The van der Waals surface area contributed by atoms with Crippen LogP contribution in [0.15, 0.2) is 59.6 Å². The van der Waals surface area contributed by atoms with Gasteiger partial charge in [-0.15, -0.1) is 0 Å². The van der Waals surface area contributed by atoms with E-state index in [4.69, 9.17) is 23.2 Å². The molecule has 3 aromatic rings. The summed E-state index contributed by atoms with van der Waals surface area (Å²) in [6, 6.07) is 12.5. The number of nitrogens with one attached hydrogen (secondary N) is 2. The Hall–Kier alpha value is -2.61. The summed E-state index contributed by atoms with van der Waals surface area (Å²) >= 11 is 12.2. The molecule has 0 radical (unpaired) electrons. The average molecular weight is 464 g/mol. The van der Waals surface area contributed by atoms with E-state index >= 15 is 0 Å². The summed E-state index contributed by atoms with van der Waals surface area (Å²) in [7, 11) is -3.95. The van der Waals surface area contributed by atoms with E-state index in [9.17, 15) is 13.2 Å². The summed E-state index contributed by atoms with van der Waals surface area (Å²) in [5.41, 5.74) is 2.84. The summed E-state index contributed by atoms with van der Waals surface area (Å²) < 4.78 is 28.0. The Morgan fingerprint density at radius 3 is 2.47 bits per heavy atom. The number of carbonyl (C=O) groups excluding carboxylic acids is 1. The molecule has 3 rings (SSSR count). The molecule has 6 nitrogen and oxygen atoms in total. The maximum Gasteiger partial charge on any atom is 0.261 e. The topological polar surface area (TPSA) is 88.2 Å². The SMILES string of the molecule is Cc1ccc(NS(=O)(=O)c2ccc(Cl)c(C(=O)NCc3ncccc3C)c2)cc1Cl. The van der Waals surface area contributed by atoms with Gasteiger partial charge in [0.25, 0.3) is 15.9 Å². The molecule has 1 aromatic heterocycles. The van der Waals surface area contributed by atoms with Crippen molar-refractivity contribution in [1.29, 1.82) is 0 Å². The maximum atomic E-state index is 12.8. The molecule has 30 heavy (non-hydrogen) atoms. The first-order chi connectivity index (χ1) is 14.2. The number of aromatic nitrogens is 1. The summed E-state index contributed by atoms with van der Waals surface area (Å²) in [5.74, 6) is -0.500. The first-order valence-corrected chi connectivity index (χ1v) is 11.2. The number of hydrogen-bond donors (Lipinski definition) is 2. The van der Waals surface area contributed by atoms with Gasteiger partial charge in [-0.25, -0.2) is 8.42 Å². The number of benzene rings is 2. The van der Waals surface area contributed by atoms with E-state index in [0.29, 0.717) is 16.4 Å². The highest BCUT2D eigenvalue weighted by Crippen LogP contribution is 2.25. The van der Waals surface area contributed by atoms with Crippen molar-refractivity contribution in [2.24, 2.45) is 0 Å². The van der Waals surface area contributed by atoms with Crippen molar-refractivity contribution in [3.8, 4) is 0 Å². The fourth-order valence-corrected chi connectivity index (χ4v) is 4.14. The van der Waals surface area contributed by atoms with Crippen molar-refractivity contribution in [2.75, 3.05) is 4.72 Å². The normalized spacial score (nSPS) is 11.2. The van der Waals surface area contributed by atoms with Crippen LogP contribution in [0.5, 0.6) is 0 Å². The smallest absolute Gasteiger partial charge is 0.261 e. The Kier molecular flexibility index (Phi) is 6.65. The highest BCUT2D eigenvalue weighted by molar-refractivity contribution is 7.92. The molecule has 0 saturated heterocycles. The van der Waals surface area contributed by atoms with Crippen LogP contribution in [-0.4, -0.2) is 19.3 Å². The summed E-state index contributed by atoms with van der Waals surface area (Å²) in [6.45, 7) is 3.90. The molecule has 9 heteroatoms. The fourth-order valence-electron chi connectivity index (χ4n) is 2.68. The van der Waals surface area contributed by atoms with Gasteiger partial charge in [-0.2, -0.15) is 0 Å². The first kappa shape index (κ1) is 22.1. The molecule has 1 amide bonds. The third-order valence-corrected chi connectivity index (χ3v) is 6.57. The van der Waals surface area contributed by atoms with E-state index in [2.05, 4.69) is 15.0 Å². The second-order valence-electron chi connectivity index (χ2n) is 6.66. The van der Waals surface area contributed by atoms with Gasteiger partial charge in [0.1, 0.15) is 0 Å². The molecule has 2 N–H and O–H groups in total. The van der Waals surface area contributed by atoms with Gasteiger partial charge in [-0.3, -0.25) is 14.5 Å². The van der Waals surface area contributed by atoms with Gasteiger partial charge >= 0.3 is 0 Å². The number of sulfonamides is 1. The summed E-state index contributed by atoms with van der Waals surface area (Å²) in [6.07, 6.45) is 1.64. The number of aryl methyl sites for hydroxylation is 2. The van der Waals surface area contributed by atoms with Crippen LogP contribution in [0.3, 0.4) is 0 Å². The number of carbonyl (C=O) groups is 1. The molecule has 2 aromatic carbocycles. The minimum Gasteiger partial charge on any atom is -0.346 e. The molecule has 156 valence electrons. The van der Waals surface area contributed by atoms with E-state index in [-0.39, 0.29) is 22.0 Å². The highest BCUT2D eigenvalue weighted by atomic mass is 35.5. The van der Waals surface area contributed by atoms with Gasteiger partial charge in [0.05, 0.1) is 33.4 Å². The quantitative estimate of drug-likeness (QED) is 0.552. The van der Waals surface area contributed by atoms with E-state index in [1.54, 1.807) is 24.4 Å². The van der Waals surface area contributed by atoms with Crippen molar-refractivity contribution in [1.82, 2.24) is 10.3 Å². The van der Waals surface area contributed by atoms with E-state index in [0.717, 1.165) is 11.1 Å².